The van der Waals surface area contributed by atoms with E-state index in [1.54, 1.807) is 30.0 Å². The normalized spacial score (nSPS) is 14.0. The number of rotatable bonds is 16. The molecule has 0 saturated carbocycles. The van der Waals surface area contributed by atoms with Gasteiger partial charge in [-0.2, -0.15) is 0 Å². The number of carbonyl (C=O) groups is 4. The zero-order valence-electron chi connectivity index (χ0n) is 33.1. The minimum absolute atomic E-state index is 0.00901. The first-order valence-corrected chi connectivity index (χ1v) is 19.3. The van der Waals surface area contributed by atoms with Gasteiger partial charge in [0.25, 0.3) is 0 Å². The number of fused-ring (bicyclic) bond motifs is 1. The first-order valence-electron chi connectivity index (χ1n) is 19.3. The molecule has 1 aliphatic heterocycles. The van der Waals surface area contributed by atoms with Crippen LogP contribution in [-0.2, 0) is 32.0 Å². The Morgan fingerprint density at radius 3 is 2.07 bits per heavy atom. The molecule has 4 aromatic carbocycles. The number of aromatic nitrogens is 3. The third-order valence-electron chi connectivity index (χ3n) is 10.6. The largest absolute Gasteiger partial charge is 0.462 e. The van der Waals surface area contributed by atoms with Gasteiger partial charge in [-0.25, -0.2) is 4.79 Å². The highest BCUT2D eigenvalue weighted by molar-refractivity contribution is 6.03. The van der Waals surface area contributed by atoms with E-state index in [0.29, 0.717) is 73.3 Å². The number of Topliss-reactive ketones (excluding diaryl/α,β-unsaturated/α-hetero) is 1. The minimum Gasteiger partial charge on any atom is -0.462 e. The van der Waals surface area contributed by atoms with Gasteiger partial charge in [-0.3, -0.25) is 19.3 Å². The maximum absolute atomic E-state index is 14.0. The highest BCUT2D eigenvalue weighted by atomic mass is 16.5. The number of nitrogens with zero attached hydrogens (tertiary/aromatic N) is 6. The van der Waals surface area contributed by atoms with E-state index < -0.39 is 17.5 Å². The van der Waals surface area contributed by atoms with E-state index in [0.717, 1.165) is 16.8 Å². The second-order valence-corrected chi connectivity index (χ2v) is 14.6. The second kappa shape index (κ2) is 18.2. The Morgan fingerprint density at radius 1 is 0.807 bits per heavy atom. The number of ether oxygens (including phenoxy) is 2. The zero-order chi connectivity index (χ0) is 40.5. The van der Waals surface area contributed by atoms with Crippen molar-refractivity contribution in [3.05, 3.63) is 126 Å². The number of hydrogen-bond acceptors (Lipinski definition) is 10. The van der Waals surface area contributed by atoms with Crippen molar-refractivity contribution in [3.8, 4) is 11.4 Å². The van der Waals surface area contributed by atoms with Gasteiger partial charge < -0.3 is 19.3 Å². The first kappa shape index (κ1) is 40.5. The number of carbonyl (C=O) groups excluding carboxylic acids is 4. The molecule has 1 fully saturated rings. The van der Waals surface area contributed by atoms with Crippen LogP contribution >= 0.6 is 0 Å². The average Bonchev–Trinajstić information content (AvgIpc) is 3.67. The molecule has 12 nitrogen and oxygen atoms in total. The summed E-state index contributed by atoms with van der Waals surface area (Å²) >= 11 is 0. The third-order valence-corrected chi connectivity index (χ3v) is 10.6. The Morgan fingerprint density at radius 2 is 1.46 bits per heavy atom. The lowest BCUT2D eigenvalue weighted by molar-refractivity contribution is -0.139. The molecule has 0 bridgehead atoms. The summed E-state index contributed by atoms with van der Waals surface area (Å²) in [6.45, 7) is 9.68. The van der Waals surface area contributed by atoms with Crippen molar-refractivity contribution in [1.29, 1.82) is 0 Å². The lowest BCUT2D eigenvalue weighted by Gasteiger charge is -2.38. The second-order valence-electron chi connectivity index (χ2n) is 14.6. The SMILES string of the molecule is C=C(C)C(=O)OCCc1ccc(OC(=O)CCC(=O)N2CCN(c3ccc(C(=O)C(CC)(Cc4ccccc4)N(C)C)cc3)CC2)c(-n2nc3ccccc3n2)c1. The number of hydrogen-bond donors (Lipinski definition) is 0. The van der Waals surface area contributed by atoms with Crippen LogP contribution < -0.4 is 9.64 Å². The molecule has 1 saturated heterocycles. The van der Waals surface area contributed by atoms with Gasteiger partial charge in [-0.15, -0.1) is 15.0 Å². The van der Waals surface area contributed by atoms with Crippen LogP contribution in [0.1, 0.15) is 54.6 Å². The van der Waals surface area contributed by atoms with Crippen molar-refractivity contribution in [2.75, 3.05) is 51.8 Å². The number of amides is 1. The Hall–Kier alpha value is -6.14. The maximum atomic E-state index is 14.0. The highest BCUT2D eigenvalue weighted by Crippen LogP contribution is 2.30. The summed E-state index contributed by atoms with van der Waals surface area (Å²) < 4.78 is 11.1. The van der Waals surface area contributed by atoms with E-state index in [4.69, 9.17) is 9.47 Å². The van der Waals surface area contributed by atoms with Crippen molar-refractivity contribution in [3.63, 3.8) is 0 Å². The third kappa shape index (κ3) is 9.64. The fourth-order valence-electron chi connectivity index (χ4n) is 7.14. The van der Waals surface area contributed by atoms with Crippen LogP contribution in [0.3, 0.4) is 0 Å². The standard InChI is InChI=1S/C45H50N6O6/c1-6-45(48(4)5,31-34-12-8-7-9-13-34)43(54)35-17-19-36(20-18-35)49-25-27-50(28-26-49)41(52)22-23-42(53)57-40-21-16-33(24-29-56-44(55)32(2)3)30-39(40)51-46-37-14-10-11-15-38(37)47-51/h7-21,30H,2,6,22-29,31H2,1,3-5H3. The van der Waals surface area contributed by atoms with Gasteiger partial charge in [-0.1, -0.05) is 62.0 Å². The number of piperazine rings is 1. The van der Waals surface area contributed by atoms with Gasteiger partial charge in [-0.05, 0) is 93.5 Å². The molecule has 0 aliphatic carbocycles. The molecular weight excluding hydrogens is 721 g/mol. The smallest absolute Gasteiger partial charge is 0.333 e. The van der Waals surface area contributed by atoms with Crippen LogP contribution in [0.2, 0.25) is 0 Å². The van der Waals surface area contributed by atoms with E-state index in [2.05, 4.69) is 40.7 Å². The number of esters is 2. The van der Waals surface area contributed by atoms with Crippen LogP contribution in [0.15, 0.2) is 109 Å². The summed E-state index contributed by atoms with van der Waals surface area (Å²) in [4.78, 5) is 59.7. The van der Waals surface area contributed by atoms with Gasteiger partial charge in [0, 0.05) is 55.8 Å². The summed E-state index contributed by atoms with van der Waals surface area (Å²) in [5.41, 5.74) is 5.05. The monoisotopic (exact) mass is 770 g/mol. The number of ketones is 1. The molecule has 0 N–H and O–H groups in total. The van der Waals surface area contributed by atoms with Crippen molar-refractivity contribution >= 4 is 40.3 Å². The minimum atomic E-state index is -0.662. The van der Waals surface area contributed by atoms with Crippen LogP contribution in [0.5, 0.6) is 5.75 Å². The molecule has 296 valence electrons. The summed E-state index contributed by atoms with van der Waals surface area (Å²) in [5.74, 6) is -0.795. The quantitative estimate of drug-likeness (QED) is 0.0492. The van der Waals surface area contributed by atoms with Crippen molar-refractivity contribution < 1.29 is 28.7 Å². The predicted molar refractivity (Wildman–Crippen MR) is 220 cm³/mol. The van der Waals surface area contributed by atoms with Crippen molar-refractivity contribution in [2.24, 2.45) is 0 Å². The molecule has 1 amide bonds. The fraction of sp³-hybridized carbons (Fsp3) is 0.333. The average molecular weight is 771 g/mol. The van der Waals surface area contributed by atoms with Gasteiger partial charge in [0.15, 0.2) is 11.5 Å². The zero-order valence-corrected chi connectivity index (χ0v) is 33.1. The van der Waals surface area contributed by atoms with Gasteiger partial charge in [0.1, 0.15) is 16.7 Å². The summed E-state index contributed by atoms with van der Waals surface area (Å²) in [5, 5.41) is 9.14. The van der Waals surface area contributed by atoms with Crippen molar-refractivity contribution in [2.45, 2.75) is 51.5 Å². The van der Waals surface area contributed by atoms with E-state index in [9.17, 15) is 19.2 Å². The molecule has 0 spiro atoms. The van der Waals surface area contributed by atoms with Crippen LogP contribution in [-0.4, -0.2) is 101 Å². The van der Waals surface area contributed by atoms with E-state index in [1.165, 1.54) is 4.80 Å². The van der Waals surface area contributed by atoms with Crippen LogP contribution in [0.25, 0.3) is 16.7 Å². The topological polar surface area (TPSA) is 127 Å². The lowest BCUT2D eigenvalue weighted by Crippen LogP contribution is -2.52. The molecule has 1 unspecified atom stereocenters. The number of anilines is 1. The predicted octanol–water partition coefficient (Wildman–Crippen LogP) is 6.25. The lowest BCUT2D eigenvalue weighted by atomic mass is 9.80. The molecular formula is C45H50N6O6. The van der Waals surface area contributed by atoms with E-state index >= 15 is 0 Å². The number of benzene rings is 4. The molecule has 5 aromatic rings. The molecule has 0 radical (unpaired) electrons. The molecule has 1 aliphatic rings. The molecule has 1 atom stereocenters. The van der Waals surface area contributed by atoms with Gasteiger partial charge in [0.2, 0.25) is 5.91 Å². The van der Waals surface area contributed by atoms with E-state index in [-0.39, 0.29) is 36.9 Å². The molecule has 2 heterocycles. The molecule has 1 aromatic heterocycles. The fourth-order valence-corrected chi connectivity index (χ4v) is 7.14. The highest BCUT2D eigenvalue weighted by Gasteiger charge is 2.39. The van der Waals surface area contributed by atoms with Crippen LogP contribution in [0, 0.1) is 0 Å². The maximum Gasteiger partial charge on any atom is 0.333 e. The Balaban J connectivity index is 1.03. The molecule has 57 heavy (non-hydrogen) atoms. The van der Waals surface area contributed by atoms with Crippen LogP contribution in [0.4, 0.5) is 5.69 Å². The summed E-state index contributed by atoms with van der Waals surface area (Å²) in [7, 11) is 3.94. The Kier molecular flexibility index (Phi) is 12.9. The van der Waals surface area contributed by atoms with Gasteiger partial charge in [0.05, 0.1) is 18.6 Å². The molecule has 6 rings (SSSR count). The molecule has 12 heteroatoms. The summed E-state index contributed by atoms with van der Waals surface area (Å²) in [6.07, 6.45) is 1.62. The van der Waals surface area contributed by atoms with Gasteiger partial charge >= 0.3 is 11.9 Å². The Bertz CT molecular complexity index is 2190. The first-order chi connectivity index (χ1) is 27.5. The number of likely N-dealkylation sites (N-methyl/N-ethyl adjacent to an activating group) is 1. The van der Waals surface area contributed by atoms with Crippen molar-refractivity contribution in [1.82, 2.24) is 24.8 Å². The summed E-state index contributed by atoms with van der Waals surface area (Å²) in [6, 6.07) is 30.6. The Labute approximate surface area is 333 Å². The van der Waals surface area contributed by atoms with E-state index in [1.807, 2.05) is 85.7 Å².